The van der Waals surface area contributed by atoms with Gasteiger partial charge < -0.3 is 9.84 Å². The molecule has 0 aromatic heterocycles. The largest absolute Gasteiger partial charge is 0.427 e. The van der Waals surface area contributed by atoms with Gasteiger partial charge in [0.1, 0.15) is 0 Å². The van der Waals surface area contributed by atoms with Crippen LogP contribution in [0.1, 0.15) is 5.56 Å². The first kappa shape index (κ1) is 11.3. The normalized spacial score (nSPS) is 10.4. The second-order valence-corrected chi connectivity index (χ2v) is 2.60. The van der Waals surface area contributed by atoms with Crippen molar-refractivity contribution in [1.29, 1.82) is 0 Å². The Labute approximate surface area is 83.1 Å². The van der Waals surface area contributed by atoms with Gasteiger partial charge in [0.05, 0.1) is 11.5 Å². The number of aliphatic hydroxyl groups is 1. The summed E-state index contributed by atoms with van der Waals surface area (Å²) in [6.45, 7) is -3.55. The molecule has 15 heavy (non-hydrogen) atoms. The van der Waals surface area contributed by atoms with E-state index >= 15 is 0 Å². The summed E-state index contributed by atoms with van der Waals surface area (Å²) in [5, 5.41) is 19.1. The van der Waals surface area contributed by atoms with Gasteiger partial charge in [-0.15, -0.1) is 0 Å². The summed E-state index contributed by atoms with van der Waals surface area (Å²) in [7, 11) is 0. The molecule has 0 atom stereocenters. The minimum absolute atomic E-state index is 0.260. The molecule has 1 aromatic rings. The molecule has 0 unspecified atom stereocenters. The Morgan fingerprint density at radius 1 is 1.53 bits per heavy atom. The van der Waals surface area contributed by atoms with Gasteiger partial charge in [0.2, 0.25) is 5.75 Å². The number of ether oxygens (including phenoxy) is 1. The SMILES string of the molecule is O=[N+]([O-])c1ccc(CO)cc1OC(F)F. The highest BCUT2D eigenvalue weighted by Crippen LogP contribution is 2.29. The molecule has 0 spiro atoms. The average molecular weight is 219 g/mol. The number of aliphatic hydroxyl groups excluding tert-OH is 1. The highest BCUT2D eigenvalue weighted by atomic mass is 19.3. The fourth-order valence-electron chi connectivity index (χ4n) is 0.998. The van der Waals surface area contributed by atoms with Crippen LogP contribution in [0.2, 0.25) is 0 Å². The third kappa shape index (κ3) is 2.84. The number of rotatable bonds is 4. The van der Waals surface area contributed by atoms with E-state index in [-0.39, 0.29) is 5.56 Å². The molecular weight excluding hydrogens is 212 g/mol. The number of halogens is 2. The third-order valence-electron chi connectivity index (χ3n) is 1.62. The van der Waals surface area contributed by atoms with Gasteiger partial charge in [-0.3, -0.25) is 10.1 Å². The Hall–Kier alpha value is -1.76. The number of alkyl halides is 2. The van der Waals surface area contributed by atoms with Crippen LogP contribution >= 0.6 is 0 Å². The molecule has 7 heteroatoms. The zero-order chi connectivity index (χ0) is 11.4. The highest BCUT2D eigenvalue weighted by Gasteiger charge is 2.18. The molecule has 0 aliphatic carbocycles. The van der Waals surface area contributed by atoms with Crippen LogP contribution in [-0.2, 0) is 6.61 Å². The molecule has 1 rings (SSSR count). The van der Waals surface area contributed by atoms with Gasteiger partial charge in [0.25, 0.3) is 0 Å². The summed E-state index contributed by atoms with van der Waals surface area (Å²) in [5.41, 5.74) is -0.302. The number of nitrogens with zero attached hydrogens (tertiary/aromatic N) is 1. The molecule has 0 fully saturated rings. The quantitative estimate of drug-likeness (QED) is 0.617. The van der Waals surface area contributed by atoms with E-state index in [9.17, 15) is 18.9 Å². The van der Waals surface area contributed by atoms with Crippen molar-refractivity contribution >= 4 is 5.69 Å². The summed E-state index contributed by atoms with van der Waals surface area (Å²) in [6.07, 6.45) is 0. The lowest BCUT2D eigenvalue weighted by molar-refractivity contribution is -0.386. The zero-order valence-electron chi connectivity index (χ0n) is 7.39. The molecule has 0 amide bonds. The van der Waals surface area contributed by atoms with Gasteiger partial charge in [-0.05, 0) is 17.7 Å². The monoisotopic (exact) mass is 219 g/mol. The molecule has 5 nitrogen and oxygen atoms in total. The molecule has 0 saturated heterocycles. The summed E-state index contributed by atoms with van der Waals surface area (Å²) in [6, 6.07) is 3.27. The van der Waals surface area contributed by atoms with E-state index in [4.69, 9.17) is 5.11 Å². The molecule has 0 radical (unpaired) electrons. The van der Waals surface area contributed by atoms with Gasteiger partial charge >= 0.3 is 12.3 Å². The lowest BCUT2D eigenvalue weighted by Gasteiger charge is -2.06. The Morgan fingerprint density at radius 2 is 2.20 bits per heavy atom. The van der Waals surface area contributed by atoms with E-state index < -0.39 is 29.6 Å². The van der Waals surface area contributed by atoms with Crippen molar-refractivity contribution in [2.24, 2.45) is 0 Å². The Bertz CT molecular complexity index is 370. The van der Waals surface area contributed by atoms with Crippen molar-refractivity contribution in [2.75, 3.05) is 0 Å². The van der Waals surface area contributed by atoms with Crippen LogP contribution in [0.15, 0.2) is 18.2 Å². The molecule has 0 aliphatic heterocycles. The average Bonchev–Trinajstić information content (AvgIpc) is 2.16. The van der Waals surface area contributed by atoms with Crippen molar-refractivity contribution in [3.8, 4) is 5.75 Å². The third-order valence-corrected chi connectivity index (χ3v) is 1.62. The van der Waals surface area contributed by atoms with E-state index in [1.54, 1.807) is 0 Å². The maximum atomic E-state index is 11.9. The molecule has 0 heterocycles. The van der Waals surface area contributed by atoms with Crippen molar-refractivity contribution < 1.29 is 23.5 Å². The Morgan fingerprint density at radius 3 is 2.67 bits per heavy atom. The lowest BCUT2D eigenvalue weighted by atomic mass is 10.2. The van der Waals surface area contributed by atoms with Crippen LogP contribution in [0, 0.1) is 10.1 Å². The maximum Gasteiger partial charge on any atom is 0.387 e. The molecule has 0 saturated carbocycles. The minimum atomic E-state index is -3.14. The number of hydrogen-bond acceptors (Lipinski definition) is 4. The van der Waals surface area contributed by atoms with Gasteiger partial charge in [0, 0.05) is 6.07 Å². The van der Waals surface area contributed by atoms with Crippen molar-refractivity contribution in [3.05, 3.63) is 33.9 Å². The van der Waals surface area contributed by atoms with Crippen LogP contribution in [0.5, 0.6) is 5.75 Å². The van der Waals surface area contributed by atoms with E-state index in [1.165, 1.54) is 6.07 Å². The summed E-state index contributed by atoms with van der Waals surface area (Å²) in [4.78, 5) is 9.59. The summed E-state index contributed by atoms with van der Waals surface area (Å²) < 4.78 is 27.7. The predicted octanol–water partition coefficient (Wildman–Crippen LogP) is 1.69. The van der Waals surface area contributed by atoms with E-state index in [0.717, 1.165) is 12.1 Å². The van der Waals surface area contributed by atoms with E-state index in [1.807, 2.05) is 0 Å². The second kappa shape index (κ2) is 4.65. The lowest BCUT2D eigenvalue weighted by Crippen LogP contribution is -2.05. The van der Waals surface area contributed by atoms with E-state index in [2.05, 4.69) is 4.74 Å². The first-order valence-corrected chi connectivity index (χ1v) is 3.87. The smallest absolute Gasteiger partial charge is 0.387 e. The standard InChI is InChI=1S/C8H7F2NO4/c9-8(10)15-7-3-5(4-12)1-2-6(7)11(13)14/h1-3,8,12H,4H2. The van der Waals surface area contributed by atoms with Crippen molar-refractivity contribution in [3.63, 3.8) is 0 Å². The Kier molecular flexibility index (Phi) is 3.51. The van der Waals surface area contributed by atoms with Crippen molar-refractivity contribution in [1.82, 2.24) is 0 Å². The number of nitro groups is 1. The van der Waals surface area contributed by atoms with Gasteiger partial charge in [0.15, 0.2) is 0 Å². The number of hydrogen-bond donors (Lipinski definition) is 1. The minimum Gasteiger partial charge on any atom is -0.427 e. The van der Waals surface area contributed by atoms with Gasteiger partial charge in [-0.2, -0.15) is 8.78 Å². The van der Waals surface area contributed by atoms with Crippen LogP contribution in [0.3, 0.4) is 0 Å². The fraction of sp³-hybridized carbons (Fsp3) is 0.250. The van der Waals surface area contributed by atoms with Crippen LogP contribution in [-0.4, -0.2) is 16.6 Å². The number of nitro benzene ring substituents is 1. The summed E-state index contributed by atoms with van der Waals surface area (Å²) in [5.74, 6) is -0.554. The molecule has 1 aromatic carbocycles. The highest BCUT2D eigenvalue weighted by molar-refractivity contribution is 5.48. The van der Waals surface area contributed by atoms with Crippen LogP contribution in [0.25, 0.3) is 0 Å². The molecular formula is C8H7F2NO4. The molecule has 1 N–H and O–H groups in total. The summed E-state index contributed by atoms with van der Waals surface area (Å²) >= 11 is 0. The zero-order valence-corrected chi connectivity index (χ0v) is 7.39. The second-order valence-electron chi connectivity index (χ2n) is 2.60. The molecule has 0 aliphatic rings. The fourth-order valence-corrected chi connectivity index (χ4v) is 0.998. The van der Waals surface area contributed by atoms with Crippen LogP contribution in [0.4, 0.5) is 14.5 Å². The molecule has 0 bridgehead atoms. The van der Waals surface area contributed by atoms with Crippen LogP contribution < -0.4 is 4.74 Å². The maximum absolute atomic E-state index is 11.9. The first-order valence-electron chi connectivity index (χ1n) is 3.87. The Balaban J connectivity index is 3.10. The topological polar surface area (TPSA) is 72.6 Å². The van der Waals surface area contributed by atoms with Gasteiger partial charge in [-0.1, -0.05) is 0 Å². The van der Waals surface area contributed by atoms with E-state index in [0.29, 0.717) is 0 Å². The first-order chi connectivity index (χ1) is 7.04. The number of benzene rings is 1. The predicted molar refractivity (Wildman–Crippen MR) is 45.7 cm³/mol. The molecule has 82 valence electrons. The van der Waals surface area contributed by atoms with Crippen molar-refractivity contribution in [2.45, 2.75) is 13.2 Å². The van der Waals surface area contributed by atoms with Gasteiger partial charge in [-0.25, -0.2) is 0 Å².